The first kappa shape index (κ1) is 16.1. The third-order valence-electron chi connectivity index (χ3n) is 5.62. The largest absolute Gasteiger partial charge is 0.458 e. The number of carbonyl (C=O) groups excluding carboxylic acids is 1. The average molecular weight is 338 g/mol. The fourth-order valence-corrected chi connectivity index (χ4v) is 4.94. The summed E-state index contributed by atoms with van der Waals surface area (Å²) in [6.45, 7) is -1.62. The topological polar surface area (TPSA) is 80.7 Å². The van der Waals surface area contributed by atoms with Gasteiger partial charge in [-0.05, 0) is 55.8 Å². The first-order valence-corrected chi connectivity index (χ1v) is 9.13. The van der Waals surface area contributed by atoms with Crippen LogP contribution in [-0.2, 0) is 19.6 Å². The molecule has 3 aliphatic carbocycles. The Kier molecular flexibility index (Phi) is 3.96. The molecule has 0 aromatic carbocycles. The molecule has 5 atom stereocenters. The maximum absolute atomic E-state index is 13.2. The van der Waals surface area contributed by atoms with Gasteiger partial charge in [0, 0.05) is 0 Å². The van der Waals surface area contributed by atoms with E-state index in [9.17, 15) is 22.0 Å². The first-order chi connectivity index (χ1) is 10.2. The molecule has 8 heteroatoms. The van der Waals surface area contributed by atoms with Crippen molar-refractivity contribution in [2.75, 3.05) is 6.61 Å². The molecule has 0 saturated heterocycles. The zero-order valence-electron chi connectivity index (χ0n) is 12.1. The molecule has 0 aliphatic heterocycles. The second-order valence-electron chi connectivity index (χ2n) is 7.00. The second kappa shape index (κ2) is 5.40. The summed E-state index contributed by atoms with van der Waals surface area (Å²) in [5.74, 6) is 0.650. The molecule has 3 rings (SSSR count). The minimum atomic E-state index is -5.57. The van der Waals surface area contributed by atoms with Crippen LogP contribution in [0.5, 0.6) is 0 Å². The zero-order chi connectivity index (χ0) is 16.1. The van der Waals surface area contributed by atoms with Crippen molar-refractivity contribution in [3.63, 3.8) is 0 Å². The fraction of sp³-hybridized carbons (Fsp3) is 0.929. The van der Waals surface area contributed by atoms with Crippen molar-refractivity contribution in [3.8, 4) is 0 Å². The summed E-state index contributed by atoms with van der Waals surface area (Å²) in [4.78, 5) is 12.2. The number of halogens is 2. The minimum absolute atomic E-state index is 0.166. The highest BCUT2D eigenvalue weighted by Gasteiger charge is 2.50. The third-order valence-corrected chi connectivity index (χ3v) is 6.49. The van der Waals surface area contributed by atoms with E-state index < -0.39 is 33.9 Å². The molecule has 0 heterocycles. The summed E-state index contributed by atoms with van der Waals surface area (Å²) >= 11 is 0. The van der Waals surface area contributed by atoms with Crippen molar-refractivity contribution in [2.45, 2.75) is 43.8 Å². The number of ether oxygens (including phenoxy) is 1. The Bertz CT molecular complexity index is 556. The Morgan fingerprint density at radius 2 is 1.82 bits per heavy atom. The zero-order valence-corrected chi connectivity index (χ0v) is 12.9. The van der Waals surface area contributed by atoms with Crippen molar-refractivity contribution in [1.29, 1.82) is 0 Å². The van der Waals surface area contributed by atoms with E-state index >= 15 is 0 Å². The van der Waals surface area contributed by atoms with Crippen molar-refractivity contribution in [2.24, 2.45) is 29.6 Å². The number of fused-ring (bicyclic) bond motifs is 2. The van der Waals surface area contributed by atoms with Crippen LogP contribution in [0.4, 0.5) is 8.78 Å². The van der Waals surface area contributed by atoms with Gasteiger partial charge in [0.2, 0.25) is 0 Å². The van der Waals surface area contributed by atoms with Crippen LogP contribution >= 0.6 is 0 Å². The van der Waals surface area contributed by atoms with Crippen LogP contribution in [0.15, 0.2) is 0 Å². The second-order valence-corrected chi connectivity index (χ2v) is 8.55. The molecule has 1 N–H and O–H groups in total. The number of carbonyl (C=O) groups is 1. The van der Waals surface area contributed by atoms with Crippen molar-refractivity contribution < 1.29 is 31.3 Å². The molecular formula is C14H20F2O5S. The number of hydrogen-bond acceptors (Lipinski definition) is 4. The van der Waals surface area contributed by atoms with Crippen molar-refractivity contribution in [1.82, 2.24) is 0 Å². The van der Waals surface area contributed by atoms with Crippen LogP contribution in [0.2, 0.25) is 0 Å². The summed E-state index contributed by atoms with van der Waals surface area (Å²) in [6, 6.07) is 0. The van der Waals surface area contributed by atoms with Gasteiger partial charge in [0.1, 0.15) is 0 Å². The van der Waals surface area contributed by atoms with Crippen molar-refractivity contribution >= 4 is 16.1 Å². The Morgan fingerprint density at radius 1 is 1.14 bits per heavy atom. The van der Waals surface area contributed by atoms with Crippen LogP contribution in [0.25, 0.3) is 0 Å². The molecule has 5 nitrogen and oxygen atoms in total. The summed E-state index contributed by atoms with van der Waals surface area (Å²) in [7, 11) is -5.57. The quantitative estimate of drug-likeness (QED) is 0.629. The van der Waals surface area contributed by atoms with Crippen LogP contribution < -0.4 is 0 Å². The predicted octanol–water partition coefficient (Wildman–Crippen LogP) is 2.47. The molecule has 22 heavy (non-hydrogen) atoms. The molecule has 0 amide bonds. The minimum Gasteiger partial charge on any atom is -0.458 e. The molecule has 0 aromatic rings. The smallest absolute Gasteiger partial charge is 0.402 e. The van der Waals surface area contributed by atoms with Crippen LogP contribution in [0.3, 0.4) is 0 Å². The lowest BCUT2D eigenvalue weighted by Gasteiger charge is -2.51. The van der Waals surface area contributed by atoms with Gasteiger partial charge in [0.15, 0.2) is 6.61 Å². The van der Waals surface area contributed by atoms with E-state index in [0.717, 1.165) is 38.0 Å². The maximum Gasteiger partial charge on any atom is 0.402 e. The fourth-order valence-electron chi connectivity index (χ4n) is 4.73. The van der Waals surface area contributed by atoms with Gasteiger partial charge >= 0.3 is 21.3 Å². The monoisotopic (exact) mass is 338 g/mol. The maximum atomic E-state index is 13.2. The standard InChI is InChI=1S/C14H20F2O5S/c15-14(16,22(18,19)20)7-21-13(17)12-6-9-3-8-1-2-11(12)10(4-8)5-9/h8-12H,1-7H2,(H,18,19,20). The van der Waals surface area contributed by atoms with Gasteiger partial charge in [-0.2, -0.15) is 17.2 Å². The van der Waals surface area contributed by atoms with E-state index in [2.05, 4.69) is 4.74 Å². The molecular weight excluding hydrogens is 318 g/mol. The highest BCUT2D eigenvalue weighted by Crippen LogP contribution is 2.54. The molecule has 0 aromatic heterocycles. The molecule has 0 radical (unpaired) electrons. The molecule has 3 aliphatic rings. The lowest BCUT2D eigenvalue weighted by Crippen LogP contribution is -2.46. The Labute approximate surface area is 128 Å². The van der Waals surface area contributed by atoms with E-state index in [1.54, 1.807) is 0 Å². The lowest BCUT2D eigenvalue weighted by molar-refractivity contribution is -0.163. The van der Waals surface area contributed by atoms with E-state index in [4.69, 9.17) is 4.55 Å². The number of esters is 1. The van der Waals surface area contributed by atoms with Gasteiger partial charge in [-0.15, -0.1) is 0 Å². The Balaban J connectivity index is 1.65. The van der Waals surface area contributed by atoms with Gasteiger partial charge in [-0.3, -0.25) is 9.35 Å². The predicted molar refractivity (Wildman–Crippen MR) is 72.6 cm³/mol. The molecule has 3 bridgehead atoms. The first-order valence-electron chi connectivity index (χ1n) is 7.69. The third kappa shape index (κ3) is 2.87. The normalized spacial score (nSPS) is 37.9. The number of hydrogen-bond donors (Lipinski definition) is 1. The molecule has 5 unspecified atom stereocenters. The number of rotatable bonds is 4. The average Bonchev–Trinajstić information content (AvgIpc) is 2.40. The summed E-state index contributed by atoms with van der Waals surface area (Å²) in [6.07, 6.45) is 5.93. The molecule has 0 spiro atoms. The molecule has 3 fully saturated rings. The Hall–Kier alpha value is -0.760. The van der Waals surface area contributed by atoms with Crippen LogP contribution in [-0.4, -0.2) is 30.8 Å². The SMILES string of the molecule is O=C(OCC(F)(F)S(=O)(=O)O)C1CC2CC3CCC1C(C3)C2. The summed E-state index contributed by atoms with van der Waals surface area (Å²) in [5, 5.41) is -4.45. The summed E-state index contributed by atoms with van der Waals surface area (Å²) < 4.78 is 60.4. The Morgan fingerprint density at radius 3 is 2.50 bits per heavy atom. The highest BCUT2D eigenvalue weighted by atomic mass is 32.2. The van der Waals surface area contributed by atoms with E-state index in [1.165, 1.54) is 0 Å². The van der Waals surface area contributed by atoms with E-state index in [-0.39, 0.29) is 5.92 Å². The summed E-state index contributed by atoms with van der Waals surface area (Å²) in [5.41, 5.74) is 0. The van der Waals surface area contributed by atoms with Gasteiger partial charge in [-0.25, -0.2) is 0 Å². The molecule has 126 valence electrons. The van der Waals surface area contributed by atoms with Gasteiger partial charge in [0.05, 0.1) is 5.92 Å². The van der Waals surface area contributed by atoms with Crippen molar-refractivity contribution in [3.05, 3.63) is 0 Å². The van der Waals surface area contributed by atoms with Crippen LogP contribution in [0, 0.1) is 29.6 Å². The van der Waals surface area contributed by atoms with Crippen LogP contribution in [0.1, 0.15) is 38.5 Å². The lowest BCUT2D eigenvalue weighted by atomic mass is 9.54. The van der Waals surface area contributed by atoms with Gasteiger partial charge < -0.3 is 4.74 Å². The van der Waals surface area contributed by atoms with E-state index in [1.807, 2.05) is 0 Å². The van der Waals surface area contributed by atoms with Gasteiger partial charge in [-0.1, -0.05) is 6.42 Å². The number of alkyl halides is 2. The highest BCUT2D eigenvalue weighted by molar-refractivity contribution is 7.86. The molecule has 3 saturated carbocycles. The van der Waals surface area contributed by atoms with E-state index in [0.29, 0.717) is 18.3 Å². The van der Waals surface area contributed by atoms with Gasteiger partial charge in [0.25, 0.3) is 0 Å².